The summed E-state index contributed by atoms with van der Waals surface area (Å²) in [6.07, 6.45) is 1.44. The Balaban J connectivity index is 3.46. The van der Waals surface area contributed by atoms with Crippen LogP contribution >= 0.6 is 0 Å². The van der Waals surface area contributed by atoms with E-state index in [0.29, 0.717) is 13.0 Å². The lowest BCUT2D eigenvalue weighted by molar-refractivity contribution is -0.143. The van der Waals surface area contributed by atoms with E-state index in [9.17, 15) is 4.79 Å². The minimum atomic E-state index is -1.19. The molecule has 76 valence electrons. The lowest BCUT2D eigenvalue weighted by Gasteiger charge is -2.16. The van der Waals surface area contributed by atoms with E-state index in [1.54, 1.807) is 0 Å². The number of carbonyl (C=O) groups is 1. The lowest BCUT2D eigenvalue weighted by Crippen LogP contribution is -2.22. The number of hydrogen-bond donors (Lipinski definition) is 0. The molecule has 0 unspecified atom stereocenters. The molecule has 0 radical (unpaired) electrons. The second kappa shape index (κ2) is 5.97. The summed E-state index contributed by atoms with van der Waals surface area (Å²) < 4.78 is 4.98. The molecule has 0 aromatic heterocycles. The van der Waals surface area contributed by atoms with Gasteiger partial charge >= 0.3 is 5.97 Å². The summed E-state index contributed by atoms with van der Waals surface area (Å²) in [6.45, 7) is 10.7. The standard InChI is InChI=1S/C10H20O2Si/c1-5-10(11)12-8-7-9-13(3,4)6-2/h6H,2,5,7-9H2,1,3-4H3. The van der Waals surface area contributed by atoms with E-state index in [2.05, 4.69) is 25.4 Å². The second-order valence-corrected chi connectivity index (χ2v) is 8.76. The molecule has 0 aliphatic heterocycles. The van der Waals surface area contributed by atoms with Gasteiger partial charge in [-0.25, -0.2) is 0 Å². The van der Waals surface area contributed by atoms with Crippen molar-refractivity contribution in [1.82, 2.24) is 0 Å². The van der Waals surface area contributed by atoms with Crippen LogP contribution in [0.3, 0.4) is 0 Å². The van der Waals surface area contributed by atoms with E-state index < -0.39 is 8.07 Å². The van der Waals surface area contributed by atoms with E-state index in [0.717, 1.165) is 12.5 Å². The molecule has 0 aliphatic carbocycles. The molecular formula is C10H20O2Si. The van der Waals surface area contributed by atoms with Crippen LogP contribution in [0.2, 0.25) is 19.1 Å². The average molecular weight is 200 g/mol. The van der Waals surface area contributed by atoms with E-state index >= 15 is 0 Å². The fourth-order valence-electron chi connectivity index (χ4n) is 0.918. The van der Waals surface area contributed by atoms with Crippen LogP contribution in [0.1, 0.15) is 19.8 Å². The van der Waals surface area contributed by atoms with Gasteiger partial charge in [0, 0.05) is 6.42 Å². The van der Waals surface area contributed by atoms with Crippen molar-refractivity contribution in [3.05, 3.63) is 12.3 Å². The van der Waals surface area contributed by atoms with Crippen LogP contribution in [-0.2, 0) is 9.53 Å². The third-order valence-electron chi connectivity index (χ3n) is 2.07. The van der Waals surface area contributed by atoms with Crippen LogP contribution in [0, 0.1) is 0 Å². The Morgan fingerprint density at radius 3 is 2.62 bits per heavy atom. The van der Waals surface area contributed by atoms with Crippen molar-refractivity contribution in [2.45, 2.75) is 38.9 Å². The third-order valence-corrected chi connectivity index (χ3v) is 4.82. The van der Waals surface area contributed by atoms with Gasteiger partial charge in [-0.15, -0.1) is 12.3 Å². The van der Waals surface area contributed by atoms with Gasteiger partial charge in [0.25, 0.3) is 0 Å². The SMILES string of the molecule is C=C[Si](C)(C)CCCOC(=O)CC. The van der Waals surface area contributed by atoms with Crippen LogP contribution in [0.15, 0.2) is 12.3 Å². The van der Waals surface area contributed by atoms with Crippen molar-refractivity contribution in [2.75, 3.05) is 6.61 Å². The predicted molar refractivity (Wildman–Crippen MR) is 58.4 cm³/mol. The fourth-order valence-corrected chi connectivity index (χ4v) is 2.18. The van der Waals surface area contributed by atoms with Crippen molar-refractivity contribution in [1.29, 1.82) is 0 Å². The maximum absolute atomic E-state index is 10.8. The predicted octanol–water partition coefficient (Wildman–Crippen LogP) is 2.76. The number of esters is 1. The molecule has 2 nitrogen and oxygen atoms in total. The molecule has 0 spiro atoms. The zero-order valence-electron chi connectivity index (χ0n) is 8.93. The molecule has 0 saturated heterocycles. The van der Waals surface area contributed by atoms with E-state index in [1.165, 1.54) is 0 Å². The molecule has 0 aromatic carbocycles. The van der Waals surface area contributed by atoms with Gasteiger partial charge in [0.05, 0.1) is 14.7 Å². The van der Waals surface area contributed by atoms with Crippen molar-refractivity contribution in [3.8, 4) is 0 Å². The summed E-state index contributed by atoms with van der Waals surface area (Å²) in [5, 5.41) is 0. The molecule has 13 heavy (non-hydrogen) atoms. The Morgan fingerprint density at radius 2 is 2.15 bits per heavy atom. The minimum absolute atomic E-state index is 0.0990. The topological polar surface area (TPSA) is 26.3 Å². The van der Waals surface area contributed by atoms with Gasteiger partial charge in [-0.05, 0) is 6.42 Å². The smallest absolute Gasteiger partial charge is 0.305 e. The van der Waals surface area contributed by atoms with E-state index in [4.69, 9.17) is 4.74 Å². The quantitative estimate of drug-likeness (QED) is 0.374. The Morgan fingerprint density at radius 1 is 1.54 bits per heavy atom. The lowest BCUT2D eigenvalue weighted by atomic mass is 10.5. The summed E-state index contributed by atoms with van der Waals surface area (Å²) in [7, 11) is -1.19. The van der Waals surface area contributed by atoms with Gasteiger partial charge in [0.1, 0.15) is 0 Å². The normalized spacial score (nSPS) is 11.0. The second-order valence-electron chi connectivity index (χ2n) is 3.87. The maximum Gasteiger partial charge on any atom is 0.305 e. The summed E-state index contributed by atoms with van der Waals surface area (Å²) in [4.78, 5) is 10.8. The number of carbonyl (C=O) groups excluding carboxylic acids is 1. The zero-order valence-corrected chi connectivity index (χ0v) is 9.93. The van der Waals surface area contributed by atoms with Gasteiger partial charge in [-0.3, -0.25) is 4.79 Å². The van der Waals surface area contributed by atoms with Crippen LogP contribution < -0.4 is 0 Å². The Labute approximate surface area is 82.0 Å². The molecule has 3 heteroatoms. The Hall–Kier alpha value is -0.573. The van der Waals surface area contributed by atoms with Gasteiger partial charge in [-0.2, -0.15) is 0 Å². The van der Waals surface area contributed by atoms with Crippen molar-refractivity contribution in [3.63, 3.8) is 0 Å². The van der Waals surface area contributed by atoms with Crippen molar-refractivity contribution in [2.24, 2.45) is 0 Å². The summed E-state index contributed by atoms with van der Waals surface area (Å²) in [6, 6.07) is 1.15. The summed E-state index contributed by atoms with van der Waals surface area (Å²) in [5.74, 6) is -0.0990. The molecule has 0 N–H and O–H groups in total. The monoisotopic (exact) mass is 200 g/mol. The van der Waals surface area contributed by atoms with Gasteiger partial charge in [0.2, 0.25) is 0 Å². The molecule has 0 aliphatic rings. The first-order valence-electron chi connectivity index (χ1n) is 4.81. The third kappa shape index (κ3) is 6.58. The number of hydrogen-bond acceptors (Lipinski definition) is 2. The molecule has 0 rings (SSSR count). The minimum Gasteiger partial charge on any atom is -0.466 e. The largest absolute Gasteiger partial charge is 0.466 e. The van der Waals surface area contributed by atoms with Gasteiger partial charge in [-0.1, -0.05) is 26.1 Å². The molecule has 0 aromatic rings. The van der Waals surface area contributed by atoms with E-state index in [1.807, 2.05) is 6.92 Å². The van der Waals surface area contributed by atoms with Crippen LogP contribution in [-0.4, -0.2) is 20.7 Å². The number of ether oxygens (including phenoxy) is 1. The first-order valence-corrected chi connectivity index (χ1v) is 8.09. The van der Waals surface area contributed by atoms with Crippen molar-refractivity contribution >= 4 is 14.0 Å². The molecule has 0 atom stereocenters. The van der Waals surface area contributed by atoms with Crippen molar-refractivity contribution < 1.29 is 9.53 Å². The number of rotatable bonds is 6. The molecular weight excluding hydrogens is 180 g/mol. The highest BCUT2D eigenvalue weighted by Gasteiger charge is 2.14. The molecule has 0 saturated carbocycles. The maximum atomic E-state index is 10.8. The zero-order chi connectivity index (χ0) is 10.3. The van der Waals surface area contributed by atoms with Crippen LogP contribution in [0.25, 0.3) is 0 Å². The Bertz CT molecular complexity index is 176. The first-order chi connectivity index (χ1) is 6.02. The highest BCUT2D eigenvalue weighted by atomic mass is 28.3. The fraction of sp³-hybridized carbons (Fsp3) is 0.700. The van der Waals surface area contributed by atoms with Crippen LogP contribution in [0.5, 0.6) is 0 Å². The van der Waals surface area contributed by atoms with Crippen LogP contribution in [0.4, 0.5) is 0 Å². The molecule has 0 amide bonds. The first kappa shape index (κ1) is 12.4. The molecule has 0 bridgehead atoms. The average Bonchev–Trinajstić information content (AvgIpc) is 2.12. The van der Waals surface area contributed by atoms with Gasteiger partial charge in [0.15, 0.2) is 0 Å². The summed E-state index contributed by atoms with van der Waals surface area (Å²) >= 11 is 0. The Kier molecular flexibility index (Phi) is 5.71. The van der Waals surface area contributed by atoms with Gasteiger partial charge < -0.3 is 4.74 Å². The molecule has 0 fully saturated rings. The molecule has 0 heterocycles. The summed E-state index contributed by atoms with van der Waals surface area (Å²) in [5.41, 5.74) is 2.08. The highest BCUT2D eigenvalue weighted by Crippen LogP contribution is 2.12. The highest BCUT2D eigenvalue weighted by molar-refractivity contribution is 6.82. The van der Waals surface area contributed by atoms with E-state index in [-0.39, 0.29) is 5.97 Å².